The van der Waals surface area contributed by atoms with Crippen LogP contribution in [0, 0.1) is 5.92 Å². The topological polar surface area (TPSA) is 105 Å². The second-order valence-corrected chi connectivity index (χ2v) is 9.55. The maximum absolute atomic E-state index is 12.9. The molecule has 0 bridgehead atoms. The summed E-state index contributed by atoms with van der Waals surface area (Å²) >= 11 is 1.66. The Hall–Kier alpha value is -3.24. The molecule has 10 heteroatoms. The Morgan fingerprint density at radius 2 is 2.24 bits per heavy atom. The molecule has 0 spiro atoms. The van der Waals surface area contributed by atoms with E-state index >= 15 is 0 Å². The Morgan fingerprint density at radius 1 is 1.35 bits per heavy atom. The first-order chi connectivity index (χ1) is 16.6. The average Bonchev–Trinajstić information content (AvgIpc) is 3.46. The predicted octanol–water partition coefficient (Wildman–Crippen LogP) is 3.92. The number of methoxy groups -OCH3 is 1. The number of likely N-dealkylation sites (N-methyl/N-ethyl adjacent to an activating group) is 1. The van der Waals surface area contributed by atoms with Gasteiger partial charge in [0.25, 0.3) is 0 Å². The molecule has 5 rings (SSSR count). The maximum Gasteiger partial charge on any atom is 0.225 e. The van der Waals surface area contributed by atoms with E-state index in [9.17, 15) is 4.79 Å². The highest BCUT2D eigenvalue weighted by atomic mass is 32.1. The van der Waals surface area contributed by atoms with Gasteiger partial charge in [0.2, 0.25) is 5.91 Å². The summed E-state index contributed by atoms with van der Waals surface area (Å²) in [7, 11) is 3.50. The standard InChI is InChI=1S/C24H28N6O3S/c1-4-33-19-11-17-15(12-27-29-17)9-18(19)28-22-21-16-6-5-14(24(31)30(2)7-8-32-3)10-20(16)34-23(21)26-13-25-22/h9,11-14H,4-8,10H2,1-3H3,(H,27,29)(H,25,26,28). The number of hydrogen-bond acceptors (Lipinski definition) is 8. The number of ether oxygens (including phenoxy) is 2. The summed E-state index contributed by atoms with van der Waals surface area (Å²) in [5.74, 6) is 1.66. The van der Waals surface area contributed by atoms with Crippen molar-refractivity contribution >= 4 is 49.9 Å². The summed E-state index contributed by atoms with van der Waals surface area (Å²) in [5, 5.41) is 12.6. The number of aromatic nitrogens is 4. The Kier molecular flexibility index (Phi) is 6.34. The fourth-order valence-corrected chi connectivity index (χ4v) is 5.80. The van der Waals surface area contributed by atoms with Crippen LogP contribution in [0.4, 0.5) is 11.5 Å². The molecule has 178 valence electrons. The van der Waals surface area contributed by atoms with Crippen molar-refractivity contribution in [2.75, 3.05) is 39.2 Å². The smallest absolute Gasteiger partial charge is 0.225 e. The third-order valence-corrected chi connectivity index (χ3v) is 7.46. The van der Waals surface area contributed by atoms with Gasteiger partial charge in [0.05, 0.1) is 36.0 Å². The summed E-state index contributed by atoms with van der Waals surface area (Å²) < 4.78 is 11.0. The van der Waals surface area contributed by atoms with Gasteiger partial charge in [-0.2, -0.15) is 5.10 Å². The lowest BCUT2D eigenvalue weighted by molar-refractivity contribution is -0.135. The van der Waals surface area contributed by atoms with Crippen molar-refractivity contribution in [2.45, 2.75) is 26.2 Å². The Morgan fingerprint density at radius 3 is 3.06 bits per heavy atom. The van der Waals surface area contributed by atoms with Gasteiger partial charge in [0.1, 0.15) is 22.7 Å². The van der Waals surface area contributed by atoms with E-state index in [0.29, 0.717) is 19.8 Å². The number of aromatic amines is 1. The molecule has 3 aromatic heterocycles. The number of thiophene rings is 1. The molecule has 4 aromatic rings. The number of H-pyrrole nitrogens is 1. The van der Waals surface area contributed by atoms with E-state index < -0.39 is 0 Å². The van der Waals surface area contributed by atoms with Gasteiger partial charge in [0.15, 0.2) is 0 Å². The third-order valence-electron chi connectivity index (χ3n) is 6.29. The molecule has 1 aliphatic carbocycles. The fraction of sp³-hybridized carbons (Fsp3) is 0.417. The van der Waals surface area contributed by atoms with Crippen molar-refractivity contribution in [1.29, 1.82) is 0 Å². The largest absolute Gasteiger partial charge is 0.492 e. The van der Waals surface area contributed by atoms with Gasteiger partial charge >= 0.3 is 0 Å². The van der Waals surface area contributed by atoms with Crippen LogP contribution in [0.25, 0.3) is 21.1 Å². The lowest BCUT2D eigenvalue weighted by Crippen LogP contribution is -2.37. The first-order valence-corrected chi connectivity index (χ1v) is 12.3. The van der Waals surface area contributed by atoms with Crippen molar-refractivity contribution in [2.24, 2.45) is 5.92 Å². The van der Waals surface area contributed by atoms with Crippen molar-refractivity contribution in [3.8, 4) is 5.75 Å². The number of anilines is 2. The lowest BCUT2D eigenvalue weighted by Gasteiger charge is -2.26. The van der Waals surface area contributed by atoms with Crippen LogP contribution in [0.3, 0.4) is 0 Å². The molecule has 0 aliphatic heterocycles. The molecule has 1 unspecified atom stereocenters. The predicted molar refractivity (Wildman–Crippen MR) is 133 cm³/mol. The molecule has 1 amide bonds. The second-order valence-electron chi connectivity index (χ2n) is 8.46. The molecular weight excluding hydrogens is 452 g/mol. The minimum absolute atomic E-state index is 0.0140. The van der Waals surface area contributed by atoms with Crippen molar-refractivity contribution < 1.29 is 14.3 Å². The van der Waals surface area contributed by atoms with Crippen LogP contribution in [-0.2, 0) is 22.4 Å². The van der Waals surface area contributed by atoms with Crippen molar-refractivity contribution in [1.82, 2.24) is 25.1 Å². The number of aryl methyl sites for hydroxylation is 1. The molecule has 9 nitrogen and oxygen atoms in total. The molecule has 1 aromatic carbocycles. The second kappa shape index (κ2) is 9.55. The van der Waals surface area contributed by atoms with Crippen LogP contribution in [0.5, 0.6) is 5.75 Å². The van der Waals surface area contributed by atoms with Gasteiger partial charge in [-0.05, 0) is 37.8 Å². The Labute approximate surface area is 201 Å². The summed E-state index contributed by atoms with van der Waals surface area (Å²) in [4.78, 5) is 26.0. The van der Waals surface area contributed by atoms with E-state index in [0.717, 1.165) is 57.6 Å². The van der Waals surface area contributed by atoms with Gasteiger partial charge in [-0.15, -0.1) is 11.3 Å². The fourth-order valence-electron chi connectivity index (χ4n) is 4.54. The first-order valence-electron chi connectivity index (χ1n) is 11.4. The van der Waals surface area contributed by atoms with Gasteiger partial charge in [-0.25, -0.2) is 9.97 Å². The minimum Gasteiger partial charge on any atom is -0.492 e. The van der Waals surface area contributed by atoms with Crippen LogP contribution < -0.4 is 10.1 Å². The zero-order chi connectivity index (χ0) is 23.7. The molecule has 0 saturated carbocycles. The van der Waals surface area contributed by atoms with E-state index in [1.165, 1.54) is 10.4 Å². The normalized spacial score (nSPS) is 15.4. The van der Waals surface area contributed by atoms with Crippen LogP contribution in [-0.4, -0.2) is 64.9 Å². The number of rotatable bonds is 8. The Bertz CT molecular complexity index is 1330. The Balaban J connectivity index is 1.46. The zero-order valence-electron chi connectivity index (χ0n) is 19.6. The molecule has 2 N–H and O–H groups in total. The molecule has 0 saturated heterocycles. The molecular formula is C24H28N6O3S. The number of carbonyl (C=O) groups excluding carboxylic acids is 1. The van der Waals surface area contributed by atoms with Crippen LogP contribution in [0.15, 0.2) is 24.7 Å². The maximum atomic E-state index is 12.9. The van der Waals surface area contributed by atoms with Crippen molar-refractivity contribution in [3.63, 3.8) is 0 Å². The third kappa shape index (κ3) is 4.19. The van der Waals surface area contributed by atoms with Crippen LogP contribution in [0.1, 0.15) is 23.8 Å². The van der Waals surface area contributed by atoms with Gasteiger partial charge in [-0.3, -0.25) is 9.89 Å². The van der Waals surface area contributed by atoms with Gasteiger partial charge in [0, 0.05) is 42.9 Å². The van der Waals surface area contributed by atoms with Gasteiger partial charge in [-0.1, -0.05) is 0 Å². The van der Waals surface area contributed by atoms with Crippen LogP contribution in [0.2, 0.25) is 0 Å². The van der Waals surface area contributed by atoms with E-state index in [4.69, 9.17) is 9.47 Å². The highest BCUT2D eigenvalue weighted by Gasteiger charge is 2.30. The summed E-state index contributed by atoms with van der Waals surface area (Å²) in [6, 6.07) is 3.97. The molecule has 0 fully saturated rings. The first kappa shape index (κ1) is 22.5. The minimum atomic E-state index is -0.0140. The monoisotopic (exact) mass is 480 g/mol. The number of amides is 1. The number of hydrogen-bond donors (Lipinski definition) is 2. The van der Waals surface area contributed by atoms with Crippen molar-refractivity contribution in [3.05, 3.63) is 35.1 Å². The highest BCUT2D eigenvalue weighted by molar-refractivity contribution is 7.19. The average molecular weight is 481 g/mol. The molecule has 3 heterocycles. The number of fused-ring (bicyclic) bond motifs is 4. The highest BCUT2D eigenvalue weighted by Crippen LogP contribution is 2.42. The van der Waals surface area contributed by atoms with Gasteiger partial charge < -0.3 is 19.7 Å². The molecule has 34 heavy (non-hydrogen) atoms. The summed E-state index contributed by atoms with van der Waals surface area (Å²) in [6.45, 7) is 3.66. The van der Waals surface area contributed by atoms with E-state index in [1.54, 1.807) is 35.9 Å². The molecule has 1 atom stereocenters. The van der Waals surface area contributed by atoms with E-state index in [1.807, 2.05) is 26.1 Å². The zero-order valence-corrected chi connectivity index (χ0v) is 20.4. The number of benzene rings is 1. The van der Waals surface area contributed by atoms with Crippen LogP contribution >= 0.6 is 11.3 Å². The summed E-state index contributed by atoms with van der Waals surface area (Å²) in [6.07, 6.45) is 5.75. The van der Waals surface area contributed by atoms with E-state index in [-0.39, 0.29) is 11.8 Å². The summed E-state index contributed by atoms with van der Waals surface area (Å²) in [5.41, 5.74) is 2.99. The SMILES string of the molecule is CCOc1cc2[nH]ncc2cc1Nc1ncnc2sc3c(c12)CCC(C(=O)N(C)CCOC)C3. The quantitative estimate of drug-likeness (QED) is 0.394. The number of nitrogens with one attached hydrogen (secondary N) is 2. The number of carbonyl (C=O) groups is 1. The number of nitrogens with zero attached hydrogens (tertiary/aromatic N) is 4. The van der Waals surface area contributed by atoms with E-state index in [2.05, 4.69) is 25.5 Å². The lowest BCUT2D eigenvalue weighted by atomic mass is 9.87. The molecule has 1 aliphatic rings. The molecule has 0 radical (unpaired) electrons.